The van der Waals surface area contributed by atoms with Crippen molar-refractivity contribution in [3.8, 4) is 0 Å². The van der Waals surface area contributed by atoms with Gasteiger partial charge in [-0.05, 0) is 57.6 Å². The Morgan fingerprint density at radius 3 is 2.63 bits per heavy atom. The first kappa shape index (κ1) is 18.5. The fourth-order valence-electron chi connectivity index (χ4n) is 4.48. The molecule has 2 aromatic rings. The second-order valence-electron chi connectivity index (χ2n) is 7.94. The summed E-state index contributed by atoms with van der Waals surface area (Å²) in [6, 6.07) is 0.378. The molecule has 2 aliphatic rings. The van der Waals surface area contributed by atoms with Crippen LogP contribution in [-0.2, 0) is 5.54 Å². The zero-order valence-electron chi connectivity index (χ0n) is 16.5. The predicted molar refractivity (Wildman–Crippen MR) is 103 cm³/mol. The highest BCUT2D eigenvalue weighted by atomic mass is 32.1. The number of thiazole rings is 1. The molecule has 9 heteroatoms. The Morgan fingerprint density at radius 1 is 1.26 bits per heavy atom. The Morgan fingerprint density at radius 2 is 2.00 bits per heavy atom. The maximum atomic E-state index is 13.1. The lowest BCUT2D eigenvalue weighted by molar-refractivity contribution is 0.0741. The van der Waals surface area contributed by atoms with Crippen molar-refractivity contribution in [2.75, 3.05) is 27.2 Å². The Kier molecular flexibility index (Phi) is 4.75. The van der Waals surface area contributed by atoms with Gasteiger partial charge in [0.25, 0.3) is 5.91 Å². The number of tetrazole rings is 1. The summed E-state index contributed by atoms with van der Waals surface area (Å²) in [5.41, 5.74) is 0.468. The number of hydrogen-bond donors (Lipinski definition) is 0. The lowest BCUT2D eigenvalue weighted by Crippen LogP contribution is -2.47. The lowest BCUT2D eigenvalue weighted by atomic mass is 9.95. The quantitative estimate of drug-likeness (QED) is 0.797. The van der Waals surface area contributed by atoms with E-state index in [2.05, 4.69) is 39.5 Å². The number of aromatic nitrogens is 5. The monoisotopic (exact) mass is 389 g/mol. The first-order valence-electron chi connectivity index (χ1n) is 9.61. The number of likely N-dealkylation sites (tertiary alicyclic amines) is 1. The average molecular weight is 390 g/mol. The average Bonchev–Trinajstić information content (AvgIpc) is 3.40. The molecule has 0 spiro atoms. The van der Waals surface area contributed by atoms with E-state index in [0.29, 0.717) is 19.1 Å². The van der Waals surface area contributed by atoms with Crippen LogP contribution in [0, 0.1) is 13.8 Å². The number of rotatable bonds is 4. The van der Waals surface area contributed by atoms with Gasteiger partial charge in [-0.15, -0.1) is 16.4 Å². The van der Waals surface area contributed by atoms with E-state index in [1.807, 2.05) is 23.4 Å². The van der Waals surface area contributed by atoms with Gasteiger partial charge in [0.05, 0.1) is 16.7 Å². The molecule has 3 heterocycles. The summed E-state index contributed by atoms with van der Waals surface area (Å²) in [6.45, 7) is 5.15. The van der Waals surface area contributed by atoms with Crippen molar-refractivity contribution >= 4 is 17.2 Å². The van der Waals surface area contributed by atoms with Gasteiger partial charge in [0.1, 0.15) is 10.4 Å². The van der Waals surface area contributed by atoms with Gasteiger partial charge in [0, 0.05) is 13.1 Å². The Bertz CT molecular complexity index is 839. The van der Waals surface area contributed by atoms with E-state index in [0.717, 1.165) is 40.7 Å². The van der Waals surface area contributed by atoms with Crippen LogP contribution >= 0.6 is 11.3 Å². The van der Waals surface area contributed by atoms with E-state index in [1.165, 1.54) is 24.2 Å². The number of likely N-dealkylation sites (N-methyl/N-ethyl adjacent to an activating group) is 1. The fourth-order valence-corrected chi connectivity index (χ4v) is 5.37. The van der Waals surface area contributed by atoms with Crippen LogP contribution in [0.5, 0.6) is 0 Å². The van der Waals surface area contributed by atoms with Crippen molar-refractivity contribution in [3.05, 3.63) is 21.4 Å². The number of hydrogen-bond acceptors (Lipinski definition) is 7. The van der Waals surface area contributed by atoms with Crippen LogP contribution in [0.4, 0.5) is 0 Å². The molecule has 0 aromatic carbocycles. The molecule has 0 radical (unpaired) electrons. The molecule has 1 aliphatic carbocycles. The molecule has 27 heavy (non-hydrogen) atoms. The molecule has 0 bridgehead atoms. The van der Waals surface area contributed by atoms with E-state index < -0.39 is 0 Å². The van der Waals surface area contributed by atoms with Gasteiger partial charge in [0.15, 0.2) is 5.82 Å². The van der Waals surface area contributed by atoms with Crippen molar-refractivity contribution in [2.24, 2.45) is 0 Å². The molecular weight excluding hydrogens is 362 g/mol. The summed E-state index contributed by atoms with van der Waals surface area (Å²) >= 11 is 1.48. The SMILES string of the molecule is Cc1nc(C)c(C(=O)N2CCC(c3nnnn3C3CCCC3)(N(C)C)C2)s1. The van der Waals surface area contributed by atoms with Gasteiger partial charge in [-0.1, -0.05) is 12.8 Å². The van der Waals surface area contributed by atoms with E-state index in [9.17, 15) is 4.79 Å². The number of carbonyl (C=O) groups excluding carboxylic acids is 1. The largest absolute Gasteiger partial charge is 0.335 e. The minimum atomic E-state index is -0.352. The van der Waals surface area contributed by atoms with Crippen molar-refractivity contribution in [1.82, 2.24) is 35.0 Å². The number of amides is 1. The fraction of sp³-hybridized carbons (Fsp3) is 0.722. The highest BCUT2D eigenvalue weighted by molar-refractivity contribution is 7.13. The lowest BCUT2D eigenvalue weighted by Gasteiger charge is -2.35. The zero-order valence-corrected chi connectivity index (χ0v) is 17.3. The zero-order chi connectivity index (χ0) is 19.2. The summed E-state index contributed by atoms with van der Waals surface area (Å²) < 4.78 is 2.03. The Hall–Kier alpha value is -1.87. The van der Waals surface area contributed by atoms with E-state index >= 15 is 0 Å². The first-order chi connectivity index (χ1) is 12.9. The number of carbonyl (C=O) groups is 1. The Labute approximate surface area is 163 Å². The maximum absolute atomic E-state index is 13.1. The first-order valence-corrected chi connectivity index (χ1v) is 10.4. The number of aryl methyl sites for hydroxylation is 2. The second-order valence-corrected chi connectivity index (χ2v) is 9.14. The van der Waals surface area contributed by atoms with Crippen LogP contribution in [-0.4, -0.2) is 68.1 Å². The molecule has 1 unspecified atom stereocenters. The van der Waals surface area contributed by atoms with Gasteiger partial charge >= 0.3 is 0 Å². The summed E-state index contributed by atoms with van der Waals surface area (Å²) in [4.78, 5) is 22.4. The minimum absolute atomic E-state index is 0.0710. The predicted octanol–water partition coefficient (Wildman–Crippen LogP) is 2.16. The second kappa shape index (κ2) is 6.94. The van der Waals surface area contributed by atoms with Crippen LogP contribution < -0.4 is 0 Å². The topological polar surface area (TPSA) is 80.0 Å². The molecule has 2 aromatic heterocycles. The molecule has 4 rings (SSSR count). The van der Waals surface area contributed by atoms with E-state index in [1.54, 1.807) is 0 Å². The maximum Gasteiger partial charge on any atom is 0.265 e. The van der Waals surface area contributed by atoms with Gasteiger partial charge in [0.2, 0.25) is 0 Å². The van der Waals surface area contributed by atoms with Crippen LogP contribution in [0.15, 0.2) is 0 Å². The van der Waals surface area contributed by atoms with Gasteiger partial charge < -0.3 is 4.90 Å². The molecule has 0 N–H and O–H groups in total. The summed E-state index contributed by atoms with van der Waals surface area (Å²) in [5.74, 6) is 0.966. The van der Waals surface area contributed by atoms with Crippen LogP contribution in [0.25, 0.3) is 0 Å². The Balaban J connectivity index is 1.64. The van der Waals surface area contributed by atoms with Crippen molar-refractivity contribution < 1.29 is 4.79 Å². The molecule has 1 atom stereocenters. The van der Waals surface area contributed by atoms with Crippen LogP contribution in [0.1, 0.15) is 64.3 Å². The molecule has 8 nitrogen and oxygen atoms in total. The summed E-state index contributed by atoms with van der Waals surface area (Å²) in [7, 11) is 4.12. The third kappa shape index (κ3) is 3.06. The molecule has 1 saturated carbocycles. The number of nitrogens with zero attached hydrogens (tertiary/aromatic N) is 7. The van der Waals surface area contributed by atoms with E-state index in [4.69, 9.17) is 0 Å². The molecule has 146 valence electrons. The molecule has 1 aliphatic heterocycles. The van der Waals surface area contributed by atoms with Crippen molar-refractivity contribution in [3.63, 3.8) is 0 Å². The molecule has 2 fully saturated rings. The van der Waals surface area contributed by atoms with Crippen molar-refractivity contribution in [1.29, 1.82) is 0 Å². The highest BCUT2D eigenvalue weighted by Crippen LogP contribution is 2.39. The summed E-state index contributed by atoms with van der Waals surface area (Å²) in [5, 5.41) is 13.7. The standard InChI is InChI=1S/C18H27N7OS/c1-12-15(27-13(2)19-12)16(26)24-10-9-18(11-24,23(3)4)17-20-21-22-25(17)14-7-5-6-8-14/h14H,5-11H2,1-4H3. The molecule has 1 saturated heterocycles. The third-order valence-electron chi connectivity index (χ3n) is 6.07. The van der Waals surface area contributed by atoms with Gasteiger partial charge in [-0.25, -0.2) is 9.67 Å². The van der Waals surface area contributed by atoms with Crippen molar-refractivity contribution in [2.45, 2.75) is 57.5 Å². The normalized spacial score (nSPS) is 23.7. The molecular formula is C18H27N7OS. The van der Waals surface area contributed by atoms with Gasteiger partial charge in [-0.3, -0.25) is 9.69 Å². The van der Waals surface area contributed by atoms with Crippen LogP contribution in [0.2, 0.25) is 0 Å². The smallest absolute Gasteiger partial charge is 0.265 e. The van der Waals surface area contributed by atoms with Gasteiger partial charge in [-0.2, -0.15) is 0 Å². The summed E-state index contributed by atoms with van der Waals surface area (Å²) in [6.07, 6.45) is 5.55. The van der Waals surface area contributed by atoms with Crippen LogP contribution in [0.3, 0.4) is 0 Å². The minimum Gasteiger partial charge on any atom is -0.335 e. The molecule has 1 amide bonds. The third-order valence-corrected chi connectivity index (χ3v) is 7.13. The van der Waals surface area contributed by atoms with E-state index in [-0.39, 0.29) is 11.4 Å². The highest BCUT2D eigenvalue weighted by Gasteiger charge is 2.48.